The average molecular weight is 242 g/mol. The number of hydrogen-bond donors (Lipinski definition) is 0. The maximum atomic E-state index is 11.1. The quantitative estimate of drug-likeness (QED) is 0.740. The van der Waals surface area contributed by atoms with Gasteiger partial charge in [0, 0.05) is 16.5 Å². The van der Waals surface area contributed by atoms with Gasteiger partial charge in [-0.3, -0.25) is 0 Å². The highest BCUT2D eigenvalue weighted by Crippen LogP contribution is 2.26. The minimum Gasteiger partial charge on any atom is -0.469 e. The molecule has 0 N–H and O–H groups in total. The molecule has 2 nitrogen and oxygen atoms in total. The fourth-order valence-corrected chi connectivity index (χ4v) is 2.00. The van der Waals surface area contributed by atoms with Gasteiger partial charge in [-0.05, 0) is 31.7 Å². The van der Waals surface area contributed by atoms with Gasteiger partial charge in [0.15, 0.2) is 0 Å². The normalized spacial score (nSPS) is 12.4. The van der Waals surface area contributed by atoms with E-state index in [-0.39, 0.29) is 11.7 Å². The fourth-order valence-electron chi connectivity index (χ4n) is 1.43. The van der Waals surface area contributed by atoms with Crippen LogP contribution in [-0.2, 0) is 4.79 Å². The predicted molar refractivity (Wildman–Crippen MR) is 67.5 cm³/mol. The number of carbonyl (C=O) groups excluding carboxylic acids is 1. The number of thiocarbonyl (C=S) groups is 1. The average Bonchev–Trinajstić information content (AvgIpc) is 2.68. The maximum absolute atomic E-state index is 11.1. The third-order valence-electron chi connectivity index (χ3n) is 2.12. The molecule has 0 aliphatic carbocycles. The molecular weight excluding hydrogens is 228 g/mol. The summed E-state index contributed by atoms with van der Waals surface area (Å²) in [5.74, 6) is 1.11. The number of furan rings is 1. The molecule has 0 saturated carbocycles. The molecule has 0 fully saturated rings. The number of Topliss-reactive ketones (excluding diaryl/α,β-unsaturated/α-hetero) is 1. The molecule has 0 unspecified atom stereocenters. The fraction of sp³-hybridized carbons (Fsp3) is 0.455. The van der Waals surface area contributed by atoms with Gasteiger partial charge in [-0.25, -0.2) is 0 Å². The van der Waals surface area contributed by atoms with Crippen LogP contribution in [0, 0.1) is 0 Å². The molecule has 1 rings (SSSR count). The van der Waals surface area contributed by atoms with Crippen LogP contribution in [0.1, 0.15) is 31.4 Å². The van der Waals surface area contributed by atoms with E-state index >= 15 is 0 Å². The van der Waals surface area contributed by atoms with E-state index in [1.165, 1.54) is 0 Å². The topological polar surface area (TPSA) is 30.2 Å². The first-order valence-corrected chi connectivity index (χ1v) is 6.36. The van der Waals surface area contributed by atoms with Crippen molar-refractivity contribution in [3.8, 4) is 0 Å². The summed E-state index contributed by atoms with van der Waals surface area (Å²) < 4.78 is 6.24. The molecule has 1 aromatic heterocycles. The van der Waals surface area contributed by atoms with Crippen LogP contribution in [0.2, 0.25) is 0 Å². The summed E-state index contributed by atoms with van der Waals surface area (Å²) in [6, 6.07) is 3.74. The Labute approximate surface area is 99.4 Å². The van der Waals surface area contributed by atoms with E-state index in [2.05, 4.69) is 0 Å². The summed E-state index contributed by atoms with van der Waals surface area (Å²) in [5, 5.41) is 0. The molecule has 0 amide bonds. The molecule has 0 aromatic carbocycles. The largest absolute Gasteiger partial charge is 0.469 e. The Bertz CT molecular complexity index is 330. The van der Waals surface area contributed by atoms with Gasteiger partial charge in [-0.15, -0.1) is 11.8 Å². The van der Waals surface area contributed by atoms with Crippen molar-refractivity contribution in [2.24, 2.45) is 0 Å². The summed E-state index contributed by atoms with van der Waals surface area (Å²) in [6.45, 7) is 1.60. The monoisotopic (exact) mass is 242 g/mol. The van der Waals surface area contributed by atoms with Crippen molar-refractivity contribution in [3.63, 3.8) is 0 Å². The van der Waals surface area contributed by atoms with Gasteiger partial charge in [0.1, 0.15) is 11.5 Å². The third kappa shape index (κ3) is 4.18. The van der Waals surface area contributed by atoms with Crippen molar-refractivity contribution in [2.45, 2.75) is 25.7 Å². The molecule has 1 aromatic rings. The Morgan fingerprint density at radius 1 is 1.60 bits per heavy atom. The first-order chi connectivity index (χ1) is 7.13. The molecule has 15 heavy (non-hydrogen) atoms. The van der Waals surface area contributed by atoms with E-state index in [1.807, 2.05) is 18.4 Å². The number of thioether (sulfide) groups is 1. The van der Waals surface area contributed by atoms with Gasteiger partial charge in [-0.1, -0.05) is 12.2 Å². The van der Waals surface area contributed by atoms with Crippen LogP contribution in [0.5, 0.6) is 0 Å². The van der Waals surface area contributed by atoms with Gasteiger partial charge in [0.05, 0.1) is 6.26 Å². The lowest BCUT2D eigenvalue weighted by atomic mass is 9.97. The summed E-state index contributed by atoms with van der Waals surface area (Å²) in [4.78, 5) is 11.1. The SMILES string of the molecule is CSC(=S)C[C@@H](CC(C)=O)c1ccco1. The Kier molecular flexibility index (Phi) is 5.05. The zero-order chi connectivity index (χ0) is 11.3. The van der Waals surface area contributed by atoms with Crippen molar-refractivity contribution in [1.82, 2.24) is 0 Å². The zero-order valence-corrected chi connectivity index (χ0v) is 10.5. The lowest BCUT2D eigenvalue weighted by molar-refractivity contribution is -0.117. The van der Waals surface area contributed by atoms with Gasteiger partial charge in [0.2, 0.25) is 0 Å². The Morgan fingerprint density at radius 2 is 2.33 bits per heavy atom. The van der Waals surface area contributed by atoms with Crippen molar-refractivity contribution < 1.29 is 9.21 Å². The molecule has 0 saturated heterocycles. The van der Waals surface area contributed by atoms with Crippen LogP contribution < -0.4 is 0 Å². The van der Waals surface area contributed by atoms with Gasteiger partial charge in [0.25, 0.3) is 0 Å². The zero-order valence-electron chi connectivity index (χ0n) is 8.86. The highest BCUT2D eigenvalue weighted by molar-refractivity contribution is 8.22. The van der Waals surface area contributed by atoms with Crippen molar-refractivity contribution in [1.29, 1.82) is 0 Å². The van der Waals surface area contributed by atoms with E-state index in [9.17, 15) is 4.79 Å². The molecule has 0 aliphatic rings. The van der Waals surface area contributed by atoms with Gasteiger partial charge >= 0.3 is 0 Å². The van der Waals surface area contributed by atoms with E-state index in [1.54, 1.807) is 24.9 Å². The lowest BCUT2D eigenvalue weighted by Gasteiger charge is -2.12. The van der Waals surface area contributed by atoms with Crippen LogP contribution in [0.25, 0.3) is 0 Å². The minimum atomic E-state index is 0.0949. The summed E-state index contributed by atoms with van der Waals surface area (Å²) in [7, 11) is 0. The van der Waals surface area contributed by atoms with Crippen LogP contribution in [0.4, 0.5) is 0 Å². The van der Waals surface area contributed by atoms with Crippen LogP contribution in [0.15, 0.2) is 22.8 Å². The maximum Gasteiger partial charge on any atom is 0.130 e. The second kappa shape index (κ2) is 6.08. The number of ketones is 1. The second-order valence-corrected chi connectivity index (χ2v) is 5.05. The minimum absolute atomic E-state index is 0.0949. The van der Waals surface area contributed by atoms with Gasteiger partial charge < -0.3 is 9.21 Å². The molecule has 1 atom stereocenters. The lowest BCUT2D eigenvalue weighted by Crippen LogP contribution is -2.06. The number of carbonyl (C=O) groups is 1. The summed E-state index contributed by atoms with van der Waals surface area (Å²) in [6.07, 6.45) is 4.80. The first-order valence-electron chi connectivity index (χ1n) is 4.73. The van der Waals surface area contributed by atoms with Crippen LogP contribution >= 0.6 is 24.0 Å². The van der Waals surface area contributed by atoms with E-state index in [0.29, 0.717) is 6.42 Å². The second-order valence-electron chi connectivity index (χ2n) is 3.40. The Balaban J connectivity index is 2.70. The molecule has 0 radical (unpaired) electrons. The molecular formula is C11H14O2S2. The van der Waals surface area contributed by atoms with E-state index in [0.717, 1.165) is 16.4 Å². The molecule has 1 heterocycles. The predicted octanol–water partition coefficient (Wildman–Crippen LogP) is 3.42. The molecule has 0 spiro atoms. The standard InChI is InChI=1S/C11H14O2S2/c1-8(12)6-9(7-11(14)15-2)10-4-3-5-13-10/h3-5,9H,6-7H2,1-2H3/t9-/m1/s1. The molecule has 0 bridgehead atoms. The first kappa shape index (κ1) is 12.5. The summed E-state index contributed by atoms with van der Waals surface area (Å²) >= 11 is 6.72. The van der Waals surface area contributed by atoms with Crippen LogP contribution in [-0.4, -0.2) is 16.2 Å². The molecule has 0 aliphatic heterocycles. The Morgan fingerprint density at radius 3 is 2.80 bits per heavy atom. The number of hydrogen-bond acceptors (Lipinski definition) is 4. The van der Waals surface area contributed by atoms with E-state index in [4.69, 9.17) is 16.6 Å². The highest BCUT2D eigenvalue weighted by atomic mass is 32.2. The summed E-state index contributed by atoms with van der Waals surface area (Å²) in [5.41, 5.74) is 0. The number of rotatable bonds is 5. The Hall–Kier alpha value is -0.610. The highest BCUT2D eigenvalue weighted by Gasteiger charge is 2.18. The smallest absolute Gasteiger partial charge is 0.130 e. The third-order valence-corrected chi connectivity index (χ3v) is 3.41. The van der Waals surface area contributed by atoms with Crippen molar-refractivity contribution in [3.05, 3.63) is 24.2 Å². The van der Waals surface area contributed by atoms with E-state index < -0.39 is 0 Å². The van der Waals surface area contributed by atoms with Crippen molar-refractivity contribution >= 4 is 34.0 Å². The molecule has 82 valence electrons. The van der Waals surface area contributed by atoms with Gasteiger partial charge in [-0.2, -0.15) is 0 Å². The van der Waals surface area contributed by atoms with Crippen LogP contribution in [0.3, 0.4) is 0 Å². The molecule has 4 heteroatoms. The van der Waals surface area contributed by atoms with Crippen molar-refractivity contribution in [2.75, 3.05) is 6.26 Å².